The fourth-order valence-corrected chi connectivity index (χ4v) is 1.38. The van der Waals surface area contributed by atoms with Crippen LogP contribution in [-0.2, 0) is 9.53 Å². The number of hydrogen-bond acceptors (Lipinski definition) is 6. The van der Waals surface area contributed by atoms with E-state index in [1.54, 1.807) is 0 Å². The number of esters is 1. The van der Waals surface area contributed by atoms with Crippen LogP contribution < -0.4 is 5.32 Å². The molecule has 1 amide bonds. The predicted molar refractivity (Wildman–Crippen MR) is 64.9 cm³/mol. The molecule has 1 heterocycles. The molecule has 1 rings (SSSR count). The summed E-state index contributed by atoms with van der Waals surface area (Å²) in [7, 11) is 1.22. The van der Waals surface area contributed by atoms with Gasteiger partial charge in [-0.15, -0.1) is 0 Å². The predicted octanol–water partition coefficient (Wildman–Crippen LogP) is 0.936. The van der Waals surface area contributed by atoms with Crippen molar-refractivity contribution in [2.75, 3.05) is 13.7 Å². The molecule has 1 aromatic heterocycles. The normalized spacial score (nSPS) is 9.79. The van der Waals surface area contributed by atoms with Crippen LogP contribution in [0, 0.1) is 10.1 Å². The van der Waals surface area contributed by atoms with Gasteiger partial charge in [0.1, 0.15) is 16.9 Å². The Morgan fingerprint density at radius 1 is 1.58 bits per heavy atom. The maximum absolute atomic E-state index is 11.7. The molecular formula is C10H10ClN3O5. The number of nitrogens with one attached hydrogen (secondary N) is 1. The van der Waals surface area contributed by atoms with Crippen molar-refractivity contribution in [1.29, 1.82) is 0 Å². The van der Waals surface area contributed by atoms with E-state index in [-0.39, 0.29) is 23.7 Å². The zero-order chi connectivity index (χ0) is 14.4. The van der Waals surface area contributed by atoms with Crippen molar-refractivity contribution in [2.24, 2.45) is 0 Å². The lowest BCUT2D eigenvalue weighted by Crippen LogP contribution is -2.27. The number of nitro groups is 1. The lowest BCUT2D eigenvalue weighted by atomic mass is 10.2. The second kappa shape index (κ2) is 6.64. The standard InChI is InChI=1S/C10H10ClN3O5/c1-19-9(15)2-3-12-10(16)6-4-8(11)13-5-7(6)14(17)18/h4-5H,2-3H2,1H3,(H,12,16). The number of carbonyl (C=O) groups is 2. The summed E-state index contributed by atoms with van der Waals surface area (Å²) in [4.78, 5) is 36.1. The van der Waals surface area contributed by atoms with Crippen LogP contribution in [0.4, 0.5) is 5.69 Å². The highest BCUT2D eigenvalue weighted by Crippen LogP contribution is 2.20. The average Bonchev–Trinajstić information content (AvgIpc) is 2.37. The average molecular weight is 288 g/mol. The van der Waals surface area contributed by atoms with Gasteiger partial charge in [-0.05, 0) is 6.07 Å². The van der Waals surface area contributed by atoms with E-state index in [2.05, 4.69) is 15.0 Å². The van der Waals surface area contributed by atoms with Gasteiger partial charge in [-0.2, -0.15) is 0 Å². The third-order valence-electron chi connectivity index (χ3n) is 2.13. The Bertz CT molecular complexity index is 520. The third kappa shape index (κ3) is 4.18. The van der Waals surface area contributed by atoms with Crippen molar-refractivity contribution in [3.05, 3.63) is 33.1 Å². The van der Waals surface area contributed by atoms with Crippen LogP contribution in [0.25, 0.3) is 0 Å². The number of amides is 1. The topological polar surface area (TPSA) is 111 Å². The summed E-state index contributed by atoms with van der Waals surface area (Å²) in [6.07, 6.45) is 0.867. The minimum absolute atomic E-state index is 0.00258. The van der Waals surface area contributed by atoms with E-state index >= 15 is 0 Å². The summed E-state index contributed by atoms with van der Waals surface area (Å²) in [6.45, 7) is 0.00258. The molecule has 0 atom stereocenters. The van der Waals surface area contributed by atoms with Gasteiger partial charge in [0.15, 0.2) is 0 Å². The minimum atomic E-state index is -0.738. The first-order chi connectivity index (χ1) is 8.95. The maximum atomic E-state index is 11.7. The smallest absolute Gasteiger partial charge is 0.307 e. The molecule has 0 saturated carbocycles. The molecule has 0 saturated heterocycles. The molecule has 102 valence electrons. The fourth-order valence-electron chi connectivity index (χ4n) is 1.23. The molecule has 0 radical (unpaired) electrons. The number of hydrogen-bond donors (Lipinski definition) is 1. The number of nitrogens with zero attached hydrogens (tertiary/aromatic N) is 2. The molecule has 19 heavy (non-hydrogen) atoms. The molecule has 0 aliphatic heterocycles. The summed E-state index contributed by atoms with van der Waals surface area (Å²) in [5.74, 6) is -1.21. The van der Waals surface area contributed by atoms with Crippen LogP contribution in [0.5, 0.6) is 0 Å². The number of halogens is 1. The first kappa shape index (κ1) is 14.8. The van der Waals surface area contributed by atoms with Gasteiger partial charge in [0, 0.05) is 6.54 Å². The third-order valence-corrected chi connectivity index (χ3v) is 2.34. The highest BCUT2D eigenvalue weighted by Gasteiger charge is 2.21. The van der Waals surface area contributed by atoms with Crippen LogP contribution in [0.15, 0.2) is 12.3 Å². The number of rotatable bonds is 5. The van der Waals surface area contributed by atoms with E-state index in [1.165, 1.54) is 7.11 Å². The van der Waals surface area contributed by atoms with Crippen molar-refractivity contribution in [1.82, 2.24) is 10.3 Å². The molecule has 0 aliphatic rings. The van der Waals surface area contributed by atoms with Gasteiger partial charge in [0.05, 0.1) is 18.5 Å². The molecule has 0 spiro atoms. The molecule has 9 heteroatoms. The van der Waals surface area contributed by atoms with Crippen LogP contribution in [0.1, 0.15) is 16.8 Å². The van der Waals surface area contributed by atoms with E-state index in [0.29, 0.717) is 0 Å². The van der Waals surface area contributed by atoms with Crippen molar-refractivity contribution >= 4 is 29.2 Å². The molecule has 0 aliphatic carbocycles. The van der Waals surface area contributed by atoms with Gasteiger partial charge >= 0.3 is 5.97 Å². The van der Waals surface area contributed by atoms with Crippen LogP contribution in [0.3, 0.4) is 0 Å². The van der Waals surface area contributed by atoms with Crippen molar-refractivity contribution in [3.63, 3.8) is 0 Å². The van der Waals surface area contributed by atoms with Gasteiger partial charge in [0.25, 0.3) is 11.6 Å². The molecular weight excluding hydrogens is 278 g/mol. The van der Waals surface area contributed by atoms with E-state index in [1.807, 2.05) is 0 Å². The quantitative estimate of drug-likeness (QED) is 0.373. The summed E-state index contributed by atoms with van der Waals surface area (Å²) in [6, 6.07) is 1.09. The number of carbonyl (C=O) groups excluding carboxylic acids is 2. The van der Waals surface area contributed by atoms with Crippen LogP contribution in [-0.4, -0.2) is 35.4 Å². The van der Waals surface area contributed by atoms with E-state index in [0.717, 1.165) is 12.3 Å². The summed E-state index contributed by atoms with van der Waals surface area (Å²) in [5.41, 5.74) is -0.671. The molecule has 1 aromatic rings. The SMILES string of the molecule is COC(=O)CCNC(=O)c1cc(Cl)ncc1[N+](=O)[O-]. The molecule has 0 fully saturated rings. The second-order valence-electron chi connectivity index (χ2n) is 3.36. The number of aromatic nitrogens is 1. The molecule has 8 nitrogen and oxygen atoms in total. The van der Waals surface area contributed by atoms with Crippen LogP contribution >= 0.6 is 11.6 Å². The largest absolute Gasteiger partial charge is 0.469 e. The Hall–Kier alpha value is -2.22. The minimum Gasteiger partial charge on any atom is -0.469 e. The molecule has 1 N–H and O–H groups in total. The Kier molecular flexibility index (Phi) is 5.19. The van der Waals surface area contributed by atoms with E-state index in [4.69, 9.17) is 11.6 Å². The highest BCUT2D eigenvalue weighted by molar-refractivity contribution is 6.29. The van der Waals surface area contributed by atoms with Gasteiger partial charge < -0.3 is 10.1 Å². The Balaban J connectivity index is 2.78. The fraction of sp³-hybridized carbons (Fsp3) is 0.300. The van der Waals surface area contributed by atoms with Gasteiger partial charge in [0.2, 0.25) is 0 Å². The van der Waals surface area contributed by atoms with Crippen molar-refractivity contribution in [2.45, 2.75) is 6.42 Å². The number of methoxy groups -OCH3 is 1. The number of pyridine rings is 1. The maximum Gasteiger partial charge on any atom is 0.307 e. The highest BCUT2D eigenvalue weighted by atomic mass is 35.5. The lowest BCUT2D eigenvalue weighted by Gasteiger charge is -2.05. The number of ether oxygens (including phenoxy) is 1. The summed E-state index contributed by atoms with van der Waals surface area (Å²) >= 11 is 5.58. The van der Waals surface area contributed by atoms with Crippen LogP contribution in [0.2, 0.25) is 5.15 Å². The summed E-state index contributed by atoms with van der Waals surface area (Å²) < 4.78 is 4.39. The van der Waals surface area contributed by atoms with Crippen molar-refractivity contribution < 1.29 is 19.2 Å². The Morgan fingerprint density at radius 2 is 2.26 bits per heavy atom. The lowest BCUT2D eigenvalue weighted by molar-refractivity contribution is -0.385. The first-order valence-electron chi connectivity index (χ1n) is 5.10. The van der Waals surface area contributed by atoms with Gasteiger partial charge in [-0.1, -0.05) is 11.6 Å². The first-order valence-corrected chi connectivity index (χ1v) is 5.48. The van der Waals surface area contributed by atoms with Gasteiger partial charge in [-0.3, -0.25) is 19.7 Å². The van der Waals surface area contributed by atoms with E-state index in [9.17, 15) is 19.7 Å². The zero-order valence-electron chi connectivity index (χ0n) is 9.88. The molecule has 0 bridgehead atoms. The van der Waals surface area contributed by atoms with Crippen molar-refractivity contribution in [3.8, 4) is 0 Å². The van der Waals surface area contributed by atoms with E-state index < -0.39 is 22.5 Å². The Morgan fingerprint density at radius 3 is 2.84 bits per heavy atom. The zero-order valence-corrected chi connectivity index (χ0v) is 10.6. The van der Waals surface area contributed by atoms with Gasteiger partial charge in [-0.25, -0.2) is 4.98 Å². The summed E-state index contributed by atoms with van der Waals surface area (Å²) in [5, 5.41) is 13.1. The molecule has 0 unspecified atom stereocenters. The molecule has 0 aromatic carbocycles. The Labute approximate surface area is 112 Å². The second-order valence-corrected chi connectivity index (χ2v) is 3.75. The monoisotopic (exact) mass is 287 g/mol.